The van der Waals surface area contributed by atoms with E-state index in [4.69, 9.17) is 10.00 Å². The molecule has 0 spiro atoms. The normalized spacial score (nSPS) is 18.3. The molecule has 0 unspecified atom stereocenters. The Morgan fingerprint density at radius 1 is 1.23 bits per heavy atom. The molecule has 1 aromatic carbocycles. The van der Waals surface area contributed by atoms with Crippen molar-refractivity contribution in [3.05, 3.63) is 47.3 Å². The van der Waals surface area contributed by atoms with E-state index >= 15 is 0 Å². The third-order valence-electron chi connectivity index (χ3n) is 4.83. The fourth-order valence-corrected chi connectivity index (χ4v) is 3.26. The fraction of sp³-hybridized carbons (Fsp3) is 0.444. The van der Waals surface area contributed by atoms with E-state index in [0.717, 1.165) is 19.6 Å². The number of morpholine rings is 1. The molecule has 4 rings (SSSR count). The first kappa shape index (κ1) is 16.7. The maximum Gasteiger partial charge on any atom is 0.276 e. The van der Waals surface area contributed by atoms with Crippen LogP contribution in [0.25, 0.3) is 0 Å². The van der Waals surface area contributed by atoms with Crippen LogP contribution in [0.5, 0.6) is 0 Å². The highest BCUT2D eigenvalue weighted by molar-refractivity contribution is 5.92. The van der Waals surface area contributed by atoms with Crippen LogP contribution in [0.3, 0.4) is 0 Å². The van der Waals surface area contributed by atoms with Crippen molar-refractivity contribution < 1.29 is 9.53 Å². The number of hydrogen-bond acceptors (Lipinski definition) is 6. The van der Waals surface area contributed by atoms with Gasteiger partial charge in [0.2, 0.25) is 0 Å². The van der Waals surface area contributed by atoms with Gasteiger partial charge in [-0.15, -0.1) is 5.10 Å². The smallest absolute Gasteiger partial charge is 0.276 e. The second-order valence-electron chi connectivity index (χ2n) is 6.65. The summed E-state index contributed by atoms with van der Waals surface area (Å²) in [4.78, 5) is 16.5. The number of rotatable bonds is 4. The molecule has 26 heavy (non-hydrogen) atoms. The molecule has 3 heterocycles. The van der Waals surface area contributed by atoms with Gasteiger partial charge in [0.25, 0.3) is 5.91 Å². The Bertz CT molecular complexity index is 813. The molecule has 0 N–H and O–H groups in total. The van der Waals surface area contributed by atoms with E-state index in [-0.39, 0.29) is 11.9 Å². The molecule has 2 aromatic rings. The maximum atomic E-state index is 12.4. The summed E-state index contributed by atoms with van der Waals surface area (Å²) in [5.41, 5.74) is 2.26. The van der Waals surface area contributed by atoms with Crippen LogP contribution in [0.2, 0.25) is 0 Å². The van der Waals surface area contributed by atoms with Gasteiger partial charge in [0.05, 0.1) is 37.1 Å². The number of amides is 1. The molecule has 0 radical (unpaired) electrons. The first-order chi connectivity index (χ1) is 12.7. The molecule has 0 saturated carbocycles. The third-order valence-corrected chi connectivity index (χ3v) is 4.83. The van der Waals surface area contributed by atoms with Gasteiger partial charge in [-0.2, -0.15) is 5.26 Å². The SMILES string of the molecule is N#Cc1ccc(CN2CC(n3cc(C(=O)N4CCOCC4)nn3)C2)cc1. The number of likely N-dealkylation sites (tertiary alicyclic amines) is 1. The Kier molecular flexibility index (Phi) is 4.65. The minimum absolute atomic E-state index is 0.0756. The van der Waals surface area contributed by atoms with Gasteiger partial charge < -0.3 is 9.64 Å². The summed E-state index contributed by atoms with van der Waals surface area (Å²) < 4.78 is 7.07. The number of hydrogen-bond donors (Lipinski definition) is 0. The molecule has 2 aliphatic heterocycles. The van der Waals surface area contributed by atoms with Crippen LogP contribution in [0.15, 0.2) is 30.5 Å². The largest absolute Gasteiger partial charge is 0.378 e. The molecule has 1 aromatic heterocycles. The summed E-state index contributed by atoms with van der Waals surface area (Å²) >= 11 is 0. The topological polar surface area (TPSA) is 87.3 Å². The third kappa shape index (κ3) is 3.45. The highest BCUT2D eigenvalue weighted by Gasteiger charge is 2.30. The van der Waals surface area contributed by atoms with Crippen molar-refractivity contribution in [2.24, 2.45) is 0 Å². The van der Waals surface area contributed by atoms with Crippen LogP contribution in [-0.4, -0.2) is 70.1 Å². The minimum atomic E-state index is -0.0756. The zero-order chi connectivity index (χ0) is 17.9. The van der Waals surface area contributed by atoms with Crippen molar-refractivity contribution in [1.82, 2.24) is 24.8 Å². The number of nitriles is 1. The van der Waals surface area contributed by atoms with Gasteiger partial charge in [-0.3, -0.25) is 9.69 Å². The highest BCUT2D eigenvalue weighted by Crippen LogP contribution is 2.23. The number of aromatic nitrogens is 3. The summed E-state index contributed by atoms with van der Waals surface area (Å²) in [6.07, 6.45) is 1.75. The summed E-state index contributed by atoms with van der Waals surface area (Å²) in [5.74, 6) is -0.0756. The van der Waals surface area contributed by atoms with Gasteiger partial charge in [-0.1, -0.05) is 17.3 Å². The van der Waals surface area contributed by atoms with Crippen LogP contribution < -0.4 is 0 Å². The van der Waals surface area contributed by atoms with Crippen molar-refractivity contribution in [2.75, 3.05) is 39.4 Å². The highest BCUT2D eigenvalue weighted by atomic mass is 16.5. The molecule has 0 atom stereocenters. The van der Waals surface area contributed by atoms with Crippen LogP contribution >= 0.6 is 0 Å². The standard InChI is InChI=1S/C18H20N6O2/c19-9-14-1-3-15(4-2-14)10-22-11-16(12-22)24-13-17(20-21-24)18(25)23-5-7-26-8-6-23/h1-4,13,16H,5-8,10-12H2. The molecule has 8 nitrogen and oxygen atoms in total. The predicted molar refractivity (Wildman–Crippen MR) is 92.2 cm³/mol. The lowest BCUT2D eigenvalue weighted by molar-refractivity contribution is 0.0299. The Balaban J connectivity index is 1.31. The van der Waals surface area contributed by atoms with E-state index in [1.807, 2.05) is 24.3 Å². The van der Waals surface area contributed by atoms with Crippen molar-refractivity contribution in [3.8, 4) is 6.07 Å². The zero-order valence-electron chi connectivity index (χ0n) is 14.4. The van der Waals surface area contributed by atoms with Crippen molar-refractivity contribution in [2.45, 2.75) is 12.6 Å². The lowest BCUT2D eigenvalue weighted by atomic mass is 10.1. The van der Waals surface area contributed by atoms with Crippen LogP contribution in [0.4, 0.5) is 0 Å². The van der Waals surface area contributed by atoms with Crippen molar-refractivity contribution in [1.29, 1.82) is 5.26 Å². The van der Waals surface area contributed by atoms with Crippen molar-refractivity contribution >= 4 is 5.91 Å². The Hall–Kier alpha value is -2.76. The minimum Gasteiger partial charge on any atom is -0.378 e. The quantitative estimate of drug-likeness (QED) is 0.804. The van der Waals surface area contributed by atoms with Crippen LogP contribution in [-0.2, 0) is 11.3 Å². The molecule has 0 aliphatic carbocycles. The molecule has 8 heteroatoms. The molecular weight excluding hydrogens is 332 g/mol. The maximum absolute atomic E-state index is 12.4. The van der Waals surface area contributed by atoms with Gasteiger partial charge in [0.15, 0.2) is 5.69 Å². The number of carbonyl (C=O) groups excluding carboxylic acids is 1. The predicted octanol–water partition coefficient (Wildman–Crippen LogP) is 0.679. The zero-order valence-corrected chi connectivity index (χ0v) is 14.4. The monoisotopic (exact) mass is 352 g/mol. The Morgan fingerprint density at radius 3 is 2.65 bits per heavy atom. The van der Waals surface area contributed by atoms with Gasteiger partial charge in [-0.25, -0.2) is 4.68 Å². The molecule has 134 valence electrons. The first-order valence-corrected chi connectivity index (χ1v) is 8.73. The summed E-state index contributed by atoms with van der Waals surface area (Å²) in [6.45, 7) is 4.94. The van der Waals surface area contributed by atoms with Gasteiger partial charge in [-0.05, 0) is 17.7 Å². The average molecular weight is 352 g/mol. The Labute approximate surface area is 151 Å². The van der Waals surface area contributed by atoms with Crippen LogP contribution in [0.1, 0.15) is 27.7 Å². The summed E-state index contributed by atoms with van der Waals surface area (Å²) in [7, 11) is 0. The van der Waals surface area contributed by atoms with Crippen LogP contribution in [0, 0.1) is 11.3 Å². The summed E-state index contributed by atoms with van der Waals surface area (Å²) in [6, 6.07) is 10.0. The van der Waals surface area contributed by atoms with Gasteiger partial charge in [0.1, 0.15) is 0 Å². The second kappa shape index (κ2) is 7.23. The fourth-order valence-electron chi connectivity index (χ4n) is 3.26. The molecule has 2 fully saturated rings. The van der Waals surface area contributed by atoms with E-state index in [1.54, 1.807) is 15.8 Å². The molecular formula is C18H20N6O2. The Morgan fingerprint density at radius 2 is 1.96 bits per heavy atom. The van der Waals surface area contributed by atoms with E-state index in [0.29, 0.717) is 37.6 Å². The molecule has 0 bridgehead atoms. The number of nitrogens with zero attached hydrogens (tertiary/aromatic N) is 6. The van der Waals surface area contributed by atoms with Gasteiger partial charge >= 0.3 is 0 Å². The first-order valence-electron chi connectivity index (χ1n) is 8.73. The second-order valence-corrected chi connectivity index (χ2v) is 6.65. The van der Waals surface area contributed by atoms with Crippen molar-refractivity contribution in [3.63, 3.8) is 0 Å². The number of carbonyl (C=O) groups is 1. The van der Waals surface area contributed by atoms with Gasteiger partial charge in [0, 0.05) is 32.7 Å². The number of benzene rings is 1. The molecule has 1 amide bonds. The summed E-state index contributed by atoms with van der Waals surface area (Å²) in [5, 5.41) is 17.0. The lowest BCUT2D eigenvalue weighted by Crippen LogP contribution is -2.47. The van der Waals surface area contributed by atoms with E-state index < -0.39 is 0 Å². The average Bonchev–Trinajstić information content (AvgIpc) is 3.14. The van der Waals surface area contributed by atoms with E-state index in [2.05, 4.69) is 21.3 Å². The van der Waals surface area contributed by atoms with E-state index in [1.165, 1.54) is 5.56 Å². The number of ether oxygens (including phenoxy) is 1. The molecule has 2 aliphatic rings. The van der Waals surface area contributed by atoms with E-state index in [9.17, 15) is 4.79 Å². The lowest BCUT2D eigenvalue weighted by Gasteiger charge is -2.38. The molecule has 2 saturated heterocycles.